The molecule has 472 valence electrons. The second-order valence-electron chi connectivity index (χ2n) is 26.6. The lowest BCUT2D eigenvalue weighted by Crippen LogP contribution is -2.49. The number of rotatable bonds is 2. The molecule has 14 rings (SSSR count). The van der Waals surface area contributed by atoms with Crippen molar-refractivity contribution in [3.63, 3.8) is 0 Å². The molecule has 2 saturated carbocycles. The smallest absolute Gasteiger partial charge is 0.264 e. The number of benzene rings is 4. The normalized spacial score (nSPS) is 33.8. The van der Waals surface area contributed by atoms with E-state index in [1.807, 2.05) is 36.4 Å². The molecule has 16 nitrogen and oxygen atoms in total. The van der Waals surface area contributed by atoms with Gasteiger partial charge in [0.25, 0.3) is 11.8 Å². The average Bonchev–Trinajstić information content (AvgIpc) is 1.63. The summed E-state index contributed by atoms with van der Waals surface area (Å²) < 4.78 is 95.7. The predicted molar refractivity (Wildman–Crippen MR) is 340 cm³/mol. The average molecular weight is 1280 g/mol. The number of allylic oxidation sites excluding steroid dienone is 2. The van der Waals surface area contributed by atoms with Gasteiger partial charge in [0.2, 0.25) is 20.0 Å². The molecule has 6 aliphatic heterocycles. The number of halogens is 2. The lowest BCUT2D eigenvalue weighted by Gasteiger charge is -2.46. The topological polar surface area (TPSA) is 188 Å². The maximum absolute atomic E-state index is 13.6. The standard InChI is InChI=1S/2C34H41ClN2O6S/c2*1-41-30-6-2-4-25-19-42-15-13-32(25)44(39,40)36-33(38)23-8-12-31-29(17-23)37(18-24-7-10-27(24)30)20-34(21-43-31)14-3-5-22-16-26(35)9-11-28(22)34/h2*2,6,8-9,11-12,16-17,24-25,27,30,32H,3-5,7,10,13-15,18-21H2,1H3,(H,36,38)/b2*6-2+/t24-,25+,27+,30-,32+,34-;24-,25-,27+,30-,32-,34-/m00/s1. The summed E-state index contributed by atoms with van der Waals surface area (Å²) in [5.41, 5.74) is 6.93. The van der Waals surface area contributed by atoms with Crippen molar-refractivity contribution in [1.29, 1.82) is 0 Å². The number of ether oxygens (including phenoxy) is 6. The summed E-state index contributed by atoms with van der Waals surface area (Å²) in [6.45, 7) is 5.49. The van der Waals surface area contributed by atoms with Crippen LogP contribution in [0.2, 0.25) is 10.0 Å². The van der Waals surface area contributed by atoms with Gasteiger partial charge in [0, 0.05) is 97.5 Å². The molecule has 12 atom stereocenters. The summed E-state index contributed by atoms with van der Waals surface area (Å²) in [4.78, 5) is 31.9. The number of nitrogens with zero attached hydrogens (tertiary/aromatic N) is 2. The number of amides is 2. The molecule has 4 aromatic carbocycles. The Kier molecular flexibility index (Phi) is 17.9. The maximum Gasteiger partial charge on any atom is 0.264 e. The Balaban J connectivity index is 0.000000162. The number of anilines is 2. The van der Waals surface area contributed by atoms with E-state index in [0.29, 0.717) is 112 Å². The monoisotopic (exact) mass is 1280 g/mol. The first-order valence-corrected chi connectivity index (χ1v) is 35.7. The van der Waals surface area contributed by atoms with Crippen molar-refractivity contribution in [2.24, 2.45) is 35.5 Å². The van der Waals surface area contributed by atoms with Gasteiger partial charge < -0.3 is 38.2 Å². The van der Waals surface area contributed by atoms with E-state index < -0.39 is 42.4 Å². The third kappa shape index (κ3) is 12.3. The van der Waals surface area contributed by atoms with E-state index in [2.05, 4.69) is 67.8 Å². The Morgan fingerprint density at radius 3 is 1.41 bits per heavy atom. The van der Waals surface area contributed by atoms with E-state index >= 15 is 0 Å². The fourth-order valence-electron chi connectivity index (χ4n) is 16.5. The number of methoxy groups -OCH3 is 2. The van der Waals surface area contributed by atoms with Crippen LogP contribution in [0.25, 0.3) is 0 Å². The number of fused-ring (bicyclic) bond motifs is 10. The number of sulfonamides is 2. The third-order valence-electron chi connectivity index (χ3n) is 21.5. The molecule has 6 heterocycles. The zero-order valence-electron chi connectivity index (χ0n) is 50.3. The maximum atomic E-state index is 13.6. The van der Waals surface area contributed by atoms with E-state index in [1.54, 1.807) is 26.4 Å². The lowest BCUT2D eigenvalue weighted by atomic mass is 9.68. The largest absolute Gasteiger partial charge is 0.490 e. The molecule has 4 fully saturated rings. The first-order chi connectivity index (χ1) is 42.5. The predicted octanol–water partition coefficient (Wildman–Crippen LogP) is 10.6. The van der Waals surface area contributed by atoms with E-state index in [4.69, 9.17) is 51.6 Å². The fourth-order valence-corrected chi connectivity index (χ4v) is 20.1. The third-order valence-corrected chi connectivity index (χ3v) is 25.7. The van der Waals surface area contributed by atoms with Crippen LogP contribution in [0.5, 0.6) is 11.5 Å². The second-order valence-corrected chi connectivity index (χ2v) is 31.3. The molecule has 20 heteroatoms. The molecule has 0 unspecified atom stereocenters. The summed E-state index contributed by atoms with van der Waals surface area (Å²) >= 11 is 12.8. The minimum atomic E-state index is -3.94. The van der Waals surface area contributed by atoms with Crippen molar-refractivity contribution in [3.05, 3.63) is 141 Å². The van der Waals surface area contributed by atoms with Gasteiger partial charge in [-0.3, -0.25) is 9.59 Å². The van der Waals surface area contributed by atoms with Crippen molar-refractivity contribution in [2.75, 3.05) is 89.8 Å². The molecule has 10 aliphatic rings. The summed E-state index contributed by atoms with van der Waals surface area (Å²) in [5, 5.41) is 0.0702. The highest BCUT2D eigenvalue weighted by molar-refractivity contribution is 7.91. The van der Waals surface area contributed by atoms with Gasteiger partial charge in [-0.2, -0.15) is 0 Å². The van der Waals surface area contributed by atoms with Crippen LogP contribution in [0.3, 0.4) is 0 Å². The van der Waals surface area contributed by atoms with Crippen molar-refractivity contribution in [3.8, 4) is 11.5 Å². The summed E-state index contributed by atoms with van der Waals surface area (Å²) in [5.74, 6) is 1.21. The zero-order valence-corrected chi connectivity index (χ0v) is 53.5. The Labute approximate surface area is 528 Å². The van der Waals surface area contributed by atoms with Crippen LogP contribution in [-0.2, 0) is 62.7 Å². The summed E-state index contributed by atoms with van der Waals surface area (Å²) in [7, 11) is -4.36. The molecule has 2 N–H and O–H groups in total. The van der Waals surface area contributed by atoms with Gasteiger partial charge in [-0.1, -0.05) is 59.6 Å². The Bertz CT molecular complexity index is 3360. The zero-order chi connectivity index (χ0) is 61.0. The Morgan fingerprint density at radius 1 is 0.557 bits per heavy atom. The van der Waals surface area contributed by atoms with Crippen LogP contribution in [0.15, 0.2) is 97.1 Å². The van der Waals surface area contributed by atoms with E-state index in [1.165, 1.54) is 22.3 Å². The molecular formula is C68H82Cl2N4O12S2. The quantitative estimate of drug-likeness (QED) is 0.180. The molecule has 4 bridgehead atoms. The number of nitrogens with one attached hydrogen (secondary N) is 2. The van der Waals surface area contributed by atoms with Gasteiger partial charge in [-0.05, 0) is 196 Å². The van der Waals surface area contributed by atoms with Gasteiger partial charge in [-0.15, -0.1) is 0 Å². The molecule has 2 saturated heterocycles. The highest BCUT2D eigenvalue weighted by atomic mass is 35.5. The number of hydrogen-bond donors (Lipinski definition) is 2. The van der Waals surface area contributed by atoms with Gasteiger partial charge in [0.1, 0.15) is 11.5 Å². The van der Waals surface area contributed by atoms with Crippen LogP contribution in [0.1, 0.15) is 120 Å². The SMILES string of the molecule is CO[C@H]1/C=C/C[C@@H]2COCC[C@H]2S(=O)(=O)NC(=O)c2ccc3c(c2)N(C[C@@H]2CC[C@H]21)C[C@@]1(CCCc2cc(Cl)ccc21)CO3.CO[C@H]1/C=C/C[C@H]2COCC[C@@H]2S(=O)(=O)NC(=O)c2ccc3c(c2)N(C[C@@H]2CC[C@H]21)C[C@@]1(CCCc2cc(Cl)ccc21)CO3. The molecular weight excluding hydrogens is 1200 g/mol. The Hall–Kier alpha value is -5.18. The van der Waals surface area contributed by atoms with Crippen LogP contribution in [-0.4, -0.2) is 131 Å². The molecule has 2 amide bonds. The van der Waals surface area contributed by atoms with E-state index in [-0.39, 0.29) is 34.9 Å². The van der Waals surface area contributed by atoms with E-state index in [0.717, 1.165) is 112 Å². The van der Waals surface area contributed by atoms with Crippen LogP contribution in [0, 0.1) is 35.5 Å². The highest BCUT2D eigenvalue weighted by Gasteiger charge is 2.48. The molecule has 0 aromatic heterocycles. The van der Waals surface area contributed by atoms with Crippen molar-refractivity contribution in [2.45, 2.75) is 123 Å². The van der Waals surface area contributed by atoms with E-state index in [9.17, 15) is 26.4 Å². The van der Waals surface area contributed by atoms with Gasteiger partial charge in [0.15, 0.2) is 0 Å². The van der Waals surface area contributed by atoms with Crippen LogP contribution < -0.4 is 28.7 Å². The first-order valence-electron chi connectivity index (χ1n) is 31.8. The van der Waals surface area contributed by atoms with Crippen LogP contribution >= 0.6 is 23.2 Å². The highest BCUT2D eigenvalue weighted by Crippen LogP contribution is 2.50. The minimum absolute atomic E-state index is 0.0542. The first kappa shape index (κ1) is 61.7. The van der Waals surface area contributed by atoms with Gasteiger partial charge in [-0.25, -0.2) is 26.3 Å². The molecule has 88 heavy (non-hydrogen) atoms. The van der Waals surface area contributed by atoms with Crippen molar-refractivity contribution >= 4 is 66.4 Å². The number of hydrogen-bond acceptors (Lipinski definition) is 14. The summed E-state index contributed by atoms with van der Waals surface area (Å²) in [6.07, 6.45) is 20.4. The second kappa shape index (κ2) is 25.5. The minimum Gasteiger partial charge on any atom is -0.490 e. The number of aryl methyl sites for hydroxylation is 2. The van der Waals surface area contributed by atoms with Gasteiger partial charge in [0.05, 0.1) is 60.5 Å². The lowest BCUT2D eigenvalue weighted by molar-refractivity contribution is 0.0128. The number of carbonyl (C=O) groups excluding carboxylic acids is 2. The van der Waals surface area contributed by atoms with Crippen molar-refractivity contribution < 1.29 is 54.8 Å². The molecule has 0 radical (unpaired) electrons. The van der Waals surface area contributed by atoms with Crippen LogP contribution in [0.4, 0.5) is 11.4 Å². The molecule has 2 spiro atoms. The molecule has 4 aliphatic carbocycles. The van der Waals surface area contributed by atoms with Gasteiger partial charge >= 0.3 is 0 Å². The fraction of sp³-hybridized carbons (Fsp3) is 0.559. The van der Waals surface area contributed by atoms with Crippen molar-refractivity contribution in [1.82, 2.24) is 9.44 Å². The molecule has 4 aromatic rings. The number of carbonyl (C=O) groups is 2. The summed E-state index contributed by atoms with van der Waals surface area (Å²) in [6, 6.07) is 23.1. The Morgan fingerprint density at radius 2 is 1.00 bits per heavy atom.